The first kappa shape index (κ1) is 17.2. The van der Waals surface area contributed by atoms with E-state index in [1.807, 2.05) is 21.9 Å². The first-order chi connectivity index (χ1) is 11.7. The van der Waals surface area contributed by atoms with Crippen molar-refractivity contribution in [2.75, 3.05) is 45.0 Å². The van der Waals surface area contributed by atoms with Gasteiger partial charge in [-0.3, -0.25) is 14.6 Å². The van der Waals surface area contributed by atoms with E-state index in [0.29, 0.717) is 12.3 Å². The third kappa shape index (κ3) is 4.48. The Kier molecular flexibility index (Phi) is 6.09. The molecule has 1 N–H and O–H groups in total. The van der Waals surface area contributed by atoms with Crippen molar-refractivity contribution < 1.29 is 9.59 Å². The summed E-state index contributed by atoms with van der Waals surface area (Å²) < 4.78 is 0. The van der Waals surface area contributed by atoms with Crippen molar-refractivity contribution >= 4 is 23.6 Å². The molecule has 2 amide bonds. The lowest BCUT2D eigenvalue weighted by Gasteiger charge is -2.36. The van der Waals surface area contributed by atoms with Crippen molar-refractivity contribution in [1.29, 1.82) is 0 Å². The van der Waals surface area contributed by atoms with Crippen LogP contribution >= 0.6 is 11.8 Å². The normalized spacial score (nSPS) is 21.6. The number of carbonyl (C=O) groups excluding carboxylic acids is 2. The number of likely N-dealkylation sites (tertiary alicyclic amines) is 1. The van der Waals surface area contributed by atoms with E-state index in [0.717, 1.165) is 50.5 Å². The van der Waals surface area contributed by atoms with Crippen LogP contribution in [-0.4, -0.2) is 71.6 Å². The quantitative estimate of drug-likeness (QED) is 0.817. The van der Waals surface area contributed by atoms with Gasteiger partial charge in [0.1, 0.15) is 0 Å². The number of hydrogen-bond acceptors (Lipinski definition) is 5. The average Bonchev–Trinajstić information content (AvgIpc) is 2.67. The van der Waals surface area contributed by atoms with Gasteiger partial charge in [-0.1, -0.05) is 0 Å². The Labute approximate surface area is 147 Å². The monoisotopic (exact) mass is 348 g/mol. The van der Waals surface area contributed by atoms with Crippen LogP contribution in [0.1, 0.15) is 12.8 Å². The molecular formula is C17H24N4O2S. The largest absolute Gasteiger partial charge is 0.341 e. The zero-order chi connectivity index (χ0) is 16.8. The minimum Gasteiger partial charge on any atom is -0.341 e. The van der Waals surface area contributed by atoms with Crippen LogP contribution < -0.4 is 5.32 Å². The molecule has 1 atom stereocenters. The Hall–Kier alpha value is -1.60. The molecule has 6 nitrogen and oxygen atoms in total. The van der Waals surface area contributed by atoms with E-state index in [-0.39, 0.29) is 17.7 Å². The molecule has 0 aromatic carbocycles. The van der Waals surface area contributed by atoms with E-state index in [2.05, 4.69) is 10.3 Å². The van der Waals surface area contributed by atoms with E-state index < -0.39 is 0 Å². The molecule has 0 radical (unpaired) electrons. The van der Waals surface area contributed by atoms with E-state index >= 15 is 0 Å². The SMILES string of the molecule is O=C(CSc1ccncc1)N1CCCC(C(=O)N2CCNCC2)C1. The number of aromatic nitrogens is 1. The Balaban J connectivity index is 1.50. The molecule has 2 aliphatic heterocycles. The number of piperazine rings is 1. The summed E-state index contributed by atoms with van der Waals surface area (Å²) in [4.78, 5) is 34.0. The minimum absolute atomic E-state index is 0.0354. The number of hydrogen-bond donors (Lipinski definition) is 1. The van der Waals surface area contributed by atoms with Gasteiger partial charge < -0.3 is 15.1 Å². The predicted octanol–water partition coefficient (Wildman–Crippen LogP) is 0.844. The molecule has 0 bridgehead atoms. The fraction of sp³-hybridized carbons (Fsp3) is 0.588. The standard InChI is InChI=1S/C17H24N4O2S/c22-16(13-24-15-3-5-18-6-4-15)21-9-1-2-14(12-21)17(23)20-10-7-19-8-11-20/h3-6,14,19H,1-2,7-13H2. The van der Waals surface area contributed by atoms with Crippen LogP contribution in [0.5, 0.6) is 0 Å². The topological polar surface area (TPSA) is 65.5 Å². The number of nitrogens with zero attached hydrogens (tertiary/aromatic N) is 3. The van der Waals surface area contributed by atoms with Gasteiger partial charge in [-0.15, -0.1) is 11.8 Å². The molecule has 3 rings (SSSR count). The van der Waals surface area contributed by atoms with Crippen LogP contribution in [0.15, 0.2) is 29.4 Å². The molecule has 2 aliphatic rings. The van der Waals surface area contributed by atoms with Crippen LogP contribution in [0.25, 0.3) is 0 Å². The van der Waals surface area contributed by atoms with Gasteiger partial charge in [0, 0.05) is 56.6 Å². The highest BCUT2D eigenvalue weighted by Gasteiger charge is 2.31. The van der Waals surface area contributed by atoms with Crippen molar-refractivity contribution in [1.82, 2.24) is 20.1 Å². The van der Waals surface area contributed by atoms with Gasteiger partial charge in [0.2, 0.25) is 11.8 Å². The maximum absolute atomic E-state index is 12.6. The van der Waals surface area contributed by atoms with Gasteiger partial charge in [0.15, 0.2) is 0 Å². The highest BCUT2D eigenvalue weighted by atomic mass is 32.2. The third-order valence-corrected chi connectivity index (χ3v) is 5.56. The molecule has 24 heavy (non-hydrogen) atoms. The lowest BCUT2D eigenvalue weighted by atomic mass is 9.96. The van der Waals surface area contributed by atoms with Crippen LogP contribution in [0.2, 0.25) is 0 Å². The van der Waals surface area contributed by atoms with Gasteiger partial charge >= 0.3 is 0 Å². The van der Waals surface area contributed by atoms with Crippen molar-refractivity contribution in [3.63, 3.8) is 0 Å². The van der Waals surface area contributed by atoms with Crippen molar-refractivity contribution in [2.24, 2.45) is 5.92 Å². The molecule has 0 aliphatic carbocycles. The average molecular weight is 348 g/mol. The molecule has 3 heterocycles. The van der Waals surface area contributed by atoms with Gasteiger partial charge in [-0.05, 0) is 25.0 Å². The van der Waals surface area contributed by atoms with E-state index in [1.54, 1.807) is 12.4 Å². The number of thioether (sulfide) groups is 1. The molecular weight excluding hydrogens is 324 g/mol. The maximum atomic E-state index is 12.6. The Morgan fingerprint density at radius 2 is 1.92 bits per heavy atom. The summed E-state index contributed by atoms with van der Waals surface area (Å²) in [6, 6.07) is 3.82. The summed E-state index contributed by atoms with van der Waals surface area (Å²) in [6.07, 6.45) is 5.27. The van der Waals surface area contributed by atoms with Gasteiger partial charge in [-0.25, -0.2) is 0 Å². The smallest absolute Gasteiger partial charge is 0.232 e. The second kappa shape index (κ2) is 8.48. The Morgan fingerprint density at radius 3 is 2.67 bits per heavy atom. The summed E-state index contributed by atoms with van der Waals surface area (Å²) >= 11 is 1.53. The van der Waals surface area contributed by atoms with Crippen LogP contribution in [0.3, 0.4) is 0 Å². The minimum atomic E-state index is -0.0354. The van der Waals surface area contributed by atoms with Crippen LogP contribution in [0, 0.1) is 5.92 Å². The number of carbonyl (C=O) groups is 2. The van der Waals surface area contributed by atoms with E-state index in [1.165, 1.54) is 11.8 Å². The summed E-state index contributed by atoms with van der Waals surface area (Å²) in [7, 11) is 0. The third-order valence-electron chi connectivity index (χ3n) is 4.56. The summed E-state index contributed by atoms with van der Waals surface area (Å²) in [5.41, 5.74) is 0. The summed E-state index contributed by atoms with van der Waals surface area (Å²) in [6.45, 7) is 4.62. The fourth-order valence-corrected chi connectivity index (χ4v) is 4.01. The van der Waals surface area contributed by atoms with Crippen molar-refractivity contribution in [3.8, 4) is 0 Å². The second-order valence-corrected chi connectivity index (χ2v) is 7.27. The Morgan fingerprint density at radius 1 is 1.17 bits per heavy atom. The molecule has 1 unspecified atom stereocenters. The highest BCUT2D eigenvalue weighted by molar-refractivity contribution is 8.00. The van der Waals surface area contributed by atoms with Crippen LogP contribution in [0.4, 0.5) is 0 Å². The predicted molar refractivity (Wildman–Crippen MR) is 93.7 cm³/mol. The molecule has 2 fully saturated rings. The van der Waals surface area contributed by atoms with E-state index in [4.69, 9.17) is 0 Å². The number of amides is 2. The summed E-state index contributed by atoms with van der Waals surface area (Å²) in [5.74, 6) is 0.718. The highest BCUT2D eigenvalue weighted by Crippen LogP contribution is 2.22. The number of rotatable bonds is 4. The lowest BCUT2D eigenvalue weighted by molar-refractivity contribution is -0.140. The molecule has 1 aromatic rings. The van der Waals surface area contributed by atoms with Crippen LogP contribution in [-0.2, 0) is 9.59 Å². The van der Waals surface area contributed by atoms with Crippen molar-refractivity contribution in [2.45, 2.75) is 17.7 Å². The van der Waals surface area contributed by atoms with Gasteiger partial charge in [0.05, 0.1) is 11.7 Å². The first-order valence-electron chi connectivity index (χ1n) is 8.54. The summed E-state index contributed by atoms with van der Waals surface area (Å²) in [5, 5.41) is 3.27. The Bertz CT molecular complexity index is 563. The lowest BCUT2D eigenvalue weighted by Crippen LogP contribution is -2.52. The molecule has 130 valence electrons. The van der Waals surface area contributed by atoms with Gasteiger partial charge in [0.25, 0.3) is 0 Å². The second-order valence-electron chi connectivity index (χ2n) is 6.23. The molecule has 7 heteroatoms. The molecule has 1 aromatic heterocycles. The molecule has 0 saturated carbocycles. The number of nitrogens with one attached hydrogen (secondary N) is 1. The van der Waals surface area contributed by atoms with E-state index in [9.17, 15) is 9.59 Å². The zero-order valence-electron chi connectivity index (χ0n) is 13.8. The van der Waals surface area contributed by atoms with Crippen molar-refractivity contribution in [3.05, 3.63) is 24.5 Å². The first-order valence-corrected chi connectivity index (χ1v) is 9.53. The molecule has 0 spiro atoms. The zero-order valence-corrected chi connectivity index (χ0v) is 14.6. The fourth-order valence-electron chi connectivity index (χ4n) is 3.22. The number of pyridine rings is 1. The van der Waals surface area contributed by atoms with Gasteiger partial charge in [-0.2, -0.15) is 0 Å². The number of piperidine rings is 1. The molecule has 2 saturated heterocycles. The maximum Gasteiger partial charge on any atom is 0.232 e.